The Bertz CT molecular complexity index is 1160. The summed E-state index contributed by atoms with van der Waals surface area (Å²) in [5.41, 5.74) is 3.49. The second-order valence-corrected chi connectivity index (χ2v) is 9.90. The van der Waals surface area contributed by atoms with E-state index >= 15 is 0 Å². The van der Waals surface area contributed by atoms with Crippen molar-refractivity contribution in [3.05, 3.63) is 80.0 Å². The predicted octanol–water partition coefficient (Wildman–Crippen LogP) is 6.93. The molecular weight excluding hydrogens is 506 g/mol. The molecule has 4 nitrogen and oxygen atoms in total. The summed E-state index contributed by atoms with van der Waals surface area (Å²) in [6, 6.07) is 9.47. The molecule has 0 saturated heterocycles. The Morgan fingerprint density at radius 3 is 2.41 bits per heavy atom. The van der Waals surface area contributed by atoms with Crippen LogP contribution in [-0.2, 0) is 23.9 Å². The molecule has 10 heteroatoms. The molecular formula is C24H24Cl2F3N3OS. The quantitative estimate of drug-likeness (QED) is 0.351. The van der Waals surface area contributed by atoms with E-state index in [0.29, 0.717) is 18.7 Å². The van der Waals surface area contributed by atoms with Gasteiger partial charge < -0.3 is 4.74 Å². The Balaban J connectivity index is 1.94. The van der Waals surface area contributed by atoms with Crippen LogP contribution in [0.25, 0.3) is 0 Å². The number of fused-ring (bicyclic) bond motifs is 1. The van der Waals surface area contributed by atoms with Gasteiger partial charge in [0.05, 0.1) is 28.9 Å². The maximum Gasteiger partial charge on any atom is 0.416 e. The number of H-pyrrole nitrogens is 1. The second-order valence-electron chi connectivity index (χ2n) is 8.26. The Kier molecular flexibility index (Phi) is 7.55. The van der Waals surface area contributed by atoms with E-state index in [1.165, 1.54) is 17.3 Å². The topological polar surface area (TPSA) is 41.1 Å². The molecule has 34 heavy (non-hydrogen) atoms. The Morgan fingerprint density at radius 1 is 1.18 bits per heavy atom. The van der Waals surface area contributed by atoms with E-state index in [1.807, 2.05) is 25.3 Å². The van der Waals surface area contributed by atoms with Crippen LogP contribution in [0.15, 0.2) is 41.4 Å². The van der Waals surface area contributed by atoms with Crippen LogP contribution in [0.4, 0.5) is 13.2 Å². The van der Waals surface area contributed by atoms with E-state index in [2.05, 4.69) is 27.2 Å². The SMILES string of the molecule is COCC1Cc2ccccc2CN1C(c1c(Cl)cc(C(F)(F)F)cc1Cl)c1c(C)n[nH]c1SC. The molecule has 1 N–H and O–H groups in total. The first-order valence-corrected chi connectivity index (χ1v) is 12.6. The smallest absolute Gasteiger partial charge is 0.383 e. The minimum Gasteiger partial charge on any atom is -0.383 e. The summed E-state index contributed by atoms with van der Waals surface area (Å²) in [7, 11) is 1.64. The highest BCUT2D eigenvalue weighted by atomic mass is 35.5. The number of halogens is 5. The summed E-state index contributed by atoms with van der Waals surface area (Å²) in [6.07, 6.45) is -1.91. The number of aromatic nitrogens is 2. The zero-order chi connectivity index (χ0) is 24.6. The molecule has 0 spiro atoms. The van der Waals surface area contributed by atoms with E-state index in [-0.39, 0.29) is 16.1 Å². The van der Waals surface area contributed by atoms with Crippen LogP contribution in [0.2, 0.25) is 10.0 Å². The van der Waals surface area contributed by atoms with Gasteiger partial charge in [0.25, 0.3) is 0 Å². The molecule has 2 heterocycles. The molecule has 2 unspecified atom stereocenters. The first kappa shape index (κ1) is 25.4. The van der Waals surface area contributed by atoms with Gasteiger partial charge in [0.1, 0.15) is 0 Å². The zero-order valence-electron chi connectivity index (χ0n) is 18.8. The van der Waals surface area contributed by atoms with E-state index in [9.17, 15) is 13.2 Å². The van der Waals surface area contributed by atoms with Crippen LogP contribution in [0, 0.1) is 6.92 Å². The highest BCUT2D eigenvalue weighted by Gasteiger charge is 2.39. The minimum absolute atomic E-state index is 0.0347. The van der Waals surface area contributed by atoms with Gasteiger partial charge in [-0.3, -0.25) is 10.00 Å². The van der Waals surface area contributed by atoms with Gasteiger partial charge in [-0.1, -0.05) is 47.5 Å². The number of hydrogen-bond donors (Lipinski definition) is 1. The fraction of sp³-hybridized carbons (Fsp3) is 0.375. The molecule has 2 atom stereocenters. The van der Waals surface area contributed by atoms with Crippen LogP contribution in [-0.4, -0.2) is 41.1 Å². The van der Waals surface area contributed by atoms with Gasteiger partial charge in [0, 0.05) is 40.9 Å². The normalized spacial score (nSPS) is 17.6. The summed E-state index contributed by atoms with van der Waals surface area (Å²) in [4.78, 5) is 2.21. The molecule has 0 radical (unpaired) electrons. The Hall–Kier alpha value is -1.71. The lowest BCUT2D eigenvalue weighted by Crippen LogP contribution is -2.46. The summed E-state index contributed by atoms with van der Waals surface area (Å²) >= 11 is 14.6. The highest BCUT2D eigenvalue weighted by Crippen LogP contribution is 2.46. The summed E-state index contributed by atoms with van der Waals surface area (Å²) in [5.74, 6) is 0. The molecule has 0 saturated carbocycles. The average Bonchev–Trinajstić information content (AvgIpc) is 3.15. The maximum absolute atomic E-state index is 13.5. The first-order valence-electron chi connectivity index (χ1n) is 10.6. The molecule has 1 aliphatic heterocycles. The van der Waals surface area contributed by atoms with Crippen LogP contribution < -0.4 is 0 Å². The number of alkyl halides is 3. The van der Waals surface area contributed by atoms with Gasteiger partial charge in [-0.2, -0.15) is 18.3 Å². The average molecular weight is 530 g/mol. The monoisotopic (exact) mass is 529 g/mol. The van der Waals surface area contributed by atoms with Crippen molar-refractivity contribution in [3.8, 4) is 0 Å². The van der Waals surface area contributed by atoms with E-state index < -0.39 is 17.8 Å². The van der Waals surface area contributed by atoms with Crippen molar-refractivity contribution >= 4 is 35.0 Å². The van der Waals surface area contributed by atoms with Crippen molar-refractivity contribution < 1.29 is 17.9 Å². The van der Waals surface area contributed by atoms with Gasteiger partial charge in [-0.15, -0.1) is 11.8 Å². The van der Waals surface area contributed by atoms with Crippen molar-refractivity contribution in [2.75, 3.05) is 20.0 Å². The fourth-order valence-corrected chi connectivity index (χ4v) is 5.95. The van der Waals surface area contributed by atoms with Crippen molar-refractivity contribution in [2.45, 2.75) is 43.2 Å². The number of methoxy groups -OCH3 is 1. The molecule has 0 amide bonds. The van der Waals surface area contributed by atoms with E-state index in [0.717, 1.165) is 40.4 Å². The van der Waals surface area contributed by atoms with E-state index in [4.69, 9.17) is 27.9 Å². The minimum atomic E-state index is -4.56. The van der Waals surface area contributed by atoms with Crippen molar-refractivity contribution in [1.82, 2.24) is 15.1 Å². The zero-order valence-corrected chi connectivity index (χ0v) is 21.2. The molecule has 1 aliphatic rings. The molecule has 2 aromatic carbocycles. The van der Waals surface area contributed by atoms with Crippen molar-refractivity contribution in [3.63, 3.8) is 0 Å². The number of nitrogens with one attached hydrogen (secondary N) is 1. The molecule has 1 aromatic heterocycles. The molecule has 4 rings (SSSR count). The fourth-order valence-electron chi connectivity index (χ4n) is 4.64. The van der Waals surface area contributed by atoms with Gasteiger partial charge >= 0.3 is 6.18 Å². The largest absolute Gasteiger partial charge is 0.416 e. The Morgan fingerprint density at radius 2 is 1.82 bits per heavy atom. The van der Waals surface area contributed by atoms with Gasteiger partial charge in [-0.05, 0) is 42.9 Å². The molecule has 0 bridgehead atoms. The lowest BCUT2D eigenvalue weighted by atomic mass is 9.88. The highest BCUT2D eigenvalue weighted by molar-refractivity contribution is 7.98. The standard InChI is InChI=1S/C24H24Cl2F3N3OS/c1-13-20(23(34-3)31-30-13)22(21-18(25)9-16(10-19(21)26)24(27,28)29)32-11-15-7-5-4-6-14(15)8-17(32)12-33-2/h4-7,9-10,17,22H,8,11-12H2,1-3H3,(H,30,31). The third kappa shape index (κ3) is 4.84. The third-order valence-electron chi connectivity index (χ3n) is 6.20. The van der Waals surface area contributed by atoms with Gasteiger partial charge in [-0.25, -0.2) is 0 Å². The number of hydrogen-bond acceptors (Lipinski definition) is 4. The second kappa shape index (κ2) is 10.1. The Labute approximate surface area is 210 Å². The lowest BCUT2D eigenvalue weighted by Gasteiger charge is -2.42. The number of rotatable bonds is 6. The third-order valence-corrected chi connectivity index (χ3v) is 7.55. The number of aromatic amines is 1. The summed E-state index contributed by atoms with van der Waals surface area (Å²) < 4.78 is 45.9. The number of aryl methyl sites for hydroxylation is 1. The van der Waals surface area contributed by atoms with Gasteiger partial charge in [0.2, 0.25) is 0 Å². The number of ether oxygens (including phenoxy) is 1. The molecule has 3 aromatic rings. The van der Waals surface area contributed by atoms with E-state index in [1.54, 1.807) is 7.11 Å². The van der Waals surface area contributed by atoms with Crippen LogP contribution >= 0.6 is 35.0 Å². The first-order chi connectivity index (χ1) is 16.2. The number of nitrogens with zero attached hydrogens (tertiary/aromatic N) is 2. The number of benzene rings is 2. The van der Waals surface area contributed by atoms with Crippen LogP contribution in [0.5, 0.6) is 0 Å². The molecule has 182 valence electrons. The predicted molar refractivity (Wildman–Crippen MR) is 130 cm³/mol. The van der Waals surface area contributed by atoms with Gasteiger partial charge in [0.15, 0.2) is 0 Å². The molecule has 0 fully saturated rings. The van der Waals surface area contributed by atoms with Crippen LogP contribution in [0.1, 0.15) is 39.6 Å². The van der Waals surface area contributed by atoms with Crippen molar-refractivity contribution in [2.24, 2.45) is 0 Å². The van der Waals surface area contributed by atoms with Crippen molar-refractivity contribution in [1.29, 1.82) is 0 Å². The summed E-state index contributed by atoms with van der Waals surface area (Å²) in [6.45, 7) is 2.86. The maximum atomic E-state index is 13.5. The molecule has 0 aliphatic carbocycles. The lowest BCUT2D eigenvalue weighted by molar-refractivity contribution is -0.137. The van der Waals surface area contributed by atoms with Crippen LogP contribution in [0.3, 0.4) is 0 Å². The summed E-state index contributed by atoms with van der Waals surface area (Å²) in [5, 5.41) is 8.17. The number of thioether (sulfide) groups is 1.